The molecule has 0 saturated carbocycles. The summed E-state index contributed by atoms with van der Waals surface area (Å²) in [6, 6.07) is 0. The molecule has 2 heterocycles. The molecule has 0 aromatic heterocycles. The van der Waals surface area contributed by atoms with Gasteiger partial charge < -0.3 is 18.9 Å². The molecule has 2 saturated heterocycles. The van der Waals surface area contributed by atoms with Crippen molar-refractivity contribution >= 4 is 22.3 Å². The van der Waals surface area contributed by atoms with Crippen molar-refractivity contribution in [3.8, 4) is 0 Å². The molecule has 0 radical (unpaired) electrons. The molecule has 12 nitrogen and oxygen atoms in total. The molecule has 0 aromatic carbocycles. The van der Waals surface area contributed by atoms with E-state index in [1.54, 1.807) is 0 Å². The number of likely N-dealkylation sites (tertiary alicyclic amines) is 2. The van der Waals surface area contributed by atoms with E-state index in [2.05, 4.69) is 19.8 Å². The van der Waals surface area contributed by atoms with Crippen LogP contribution in [0.2, 0.25) is 0 Å². The first-order valence-electron chi connectivity index (χ1n) is 11.9. The second-order valence-electron chi connectivity index (χ2n) is 8.39. The molecule has 2 aliphatic heterocycles. The zero-order chi connectivity index (χ0) is 25.0. The monoisotopic (exact) mass is 494 g/mol. The Morgan fingerprint density at radius 3 is 1.09 bits per heavy atom. The fraction of sp³-hybridized carbons (Fsp3) is 0.900. The fourth-order valence-electron chi connectivity index (χ4n) is 3.79. The van der Waals surface area contributed by atoms with Gasteiger partial charge in [-0.05, 0) is 51.9 Å². The first-order chi connectivity index (χ1) is 15.6. The van der Waals surface area contributed by atoms with Gasteiger partial charge in [-0.3, -0.25) is 41.3 Å². The van der Waals surface area contributed by atoms with Gasteiger partial charge in [-0.25, -0.2) is 0 Å². The second kappa shape index (κ2) is 19.8. The minimum atomic E-state index is -5.17. The van der Waals surface area contributed by atoms with E-state index in [1.165, 1.54) is 90.4 Å². The van der Waals surface area contributed by atoms with Crippen LogP contribution in [-0.4, -0.2) is 91.6 Å². The van der Waals surface area contributed by atoms with Crippen LogP contribution in [0.1, 0.15) is 64.2 Å². The van der Waals surface area contributed by atoms with Crippen LogP contribution >= 0.6 is 0 Å². The molecule has 2 aliphatic rings. The molecule has 0 unspecified atom stereocenters. The van der Waals surface area contributed by atoms with Crippen LogP contribution in [0.25, 0.3) is 0 Å². The number of nitrogens with two attached hydrogens (primary N) is 4. The van der Waals surface area contributed by atoms with Gasteiger partial charge in [0.05, 0.1) is 13.1 Å². The Balaban J connectivity index is 0.000000517. The van der Waals surface area contributed by atoms with Crippen LogP contribution < -0.4 is 32.9 Å². The summed E-state index contributed by atoms with van der Waals surface area (Å²) in [5.74, 6) is 0.661. The summed E-state index contributed by atoms with van der Waals surface area (Å²) < 4.78 is 34.1. The molecule has 0 atom stereocenters. The summed E-state index contributed by atoms with van der Waals surface area (Å²) in [5, 5.41) is 0. The normalized spacial score (nSPS) is 18.5. The van der Waals surface area contributed by atoms with Gasteiger partial charge in [0.25, 0.3) is 0 Å². The molecule has 33 heavy (non-hydrogen) atoms. The Morgan fingerprint density at radius 1 is 0.606 bits per heavy atom. The molecule has 0 amide bonds. The van der Waals surface area contributed by atoms with Crippen molar-refractivity contribution in [1.82, 2.24) is 9.80 Å². The lowest BCUT2D eigenvalue weighted by atomic mass is 10.1. The molecule has 10 N–H and O–H groups in total. The number of nitrogens with zero attached hydrogens (tertiary/aromatic N) is 2. The van der Waals surface area contributed by atoms with Crippen LogP contribution in [-0.2, 0) is 10.4 Å². The van der Waals surface area contributed by atoms with Crippen molar-refractivity contribution < 1.29 is 27.5 Å². The van der Waals surface area contributed by atoms with Gasteiger partial charge >= 0.3 is 11.9 Å². The topological polar surface area (TPSA) is 219 Å². The summed E-state index contributed by atoms with van der Waals surface area (Å²) >= 11 is 0. The average molecular weight is 495 g/mol. The Labute approximate surface area is 199 Å². The maximum atomic E-state index is 8.52. The second-order valence-corrected chi connectivity index (χ2v) is 9.21. The van der Waals surface area contributed by atoms with E-state index < -0.39 is 10.4 Å². The van der Waals surface area contributed by atoms with Crippen molar-refractivity contribution in [2.75, 3.05) is 52.4 Å². The van der Waals surface area contributed by atoms with Gasteiger partial charge in [0, 0.05) is 23.5 Å². The number of hydrogen-bond donors (Lipinski definition) is 6. The number of hydrogen-bond acceptors (Lipinski definition) is 6. The van der Waals surface area contributed by atoms with E-state index in [9.17, 15) is 0 Å². The lowest BCUT2D eigenvalue weighted by Crippen LogP contribution is -2.79. The van der Waals surface area contributed by atoms with E-state index in [0.717, 1.165) is 26.2 Å². The number of nitrogens with one attached hydrogen (secondary N) is 2. The van der Waals surface area contributed by atoms with Crippen LogP contribution in [0.3, 0.4) is 0 Å². The van der Waals surface area contributed by atoms with Gasteiger partial charge in [-0.15, -0.1) is 0 Å². The summed E-state index contributed by atoms with van der Waals surface area (Å²) in [7, 11) is -5.17. The third-order valence-corrected chi connectivity index (χ3v) is 5.41. The maximum absolute atomic E-state index is 8.52. The van der Waals surface area contributed by atoms with Gasteiger partial charge in [-0.2, -0.15) is 0 Å². The minimum Gasteiger partial charge on any atom is -0.759 e. The van der Waals surface area contributed by atoms with E-state index in [-0.39, 0.29) is 0 Å². The number of guanidine groups is 2. The van der Waals surface area contributed by atoms with E-state index >= 15 is 0 Å². The molecule has 0 aliphatic carbocycles. The lowest BCUT2D eigenvalue weighted by molar-refractivity contribution is -0.460. The van der Waals surface area contributed by atoms with Crippen molar-refractivity contribution in [1.29, 1.82) is 0 Å². The number of rotatable bonds is 6. The molecule has 0 bridgehead atoms. The smallest absolute Gasteiger partial charge is 0.338 e. The quantitative estimate of drug-likeness (QED) is 0.0906. The van der Waals surface area contributed by atoms with Crippen LogP contribution in [0.5, 0.6) is 0 Å². The van der Waals surface area contributed by atoms with Crippen molar-refractivity contribution in [3.05, 3.63) is 0 Å². The first kappa shape index (κ1) is 31.3. The minimum absolute atomic E-state index is 0.331. The predicted octanol–water partition coefficient (Wildman–Crippen LogP) is -4.13. The zero-order valence-corrected chi connectivity index (χ0v) is 20.8. The van der Waals surface area contributed by atoms with E-state index in [0.29, 0.717) is 11.9 Å². The van der Waals surface area contributed by atoms with Crippen LogP contribution in [0.4, 0.5) is 0 Å². The molecular weight excluding hydrogens is 448 g/mol. The molecule has 2 fully saturated rings. The third-order valence-electron chi connectivity index (χ3n) is 5.41. The highest BCUT2D eigenvalue weighted by Crippen LogP contribution is 2.10. The standard InChI is InChI=1S/2C10H22N4.H2O4S/c2*11-10(12)13-6-9-14-7-4-2-1-3-5-8-14;1-5(2,3)4/h2*1-9H2,(H4,11,12,13);(H2,1,2,3,4). The van der Waals surface area contributed by atoms with Gasteiger partial charge in [0.2, 0.25) is 0 Å². The fourth-order valence-corrected chi connectivity index (χ4v) is 3.79. The van der Waals surface area contributed by atoms with Crippen LogP contribution in [0.15, 0.2) is 0 Å². The van der Waals surface area contributed by atoms with Gasteiger partial charge in [-0.1, -0.05) is 38.5 Å². The molecule has 13 heteroatoms. The lowest BCUT2D eigenvalue weighted by Gasteiger charge is -2.23. The summed E-state index contributed by atoms with van der Waals surface area (Å²) in [5.41, 5.74) is 21.3. The molecule has 0 spiro atoms. The Kier molecular flexibility index (Phi) is 18.8. The summed E-state index contributed by atoms with van der Waals surface area (Å²) in [6.45, 7) is 8.75. The van der Waals surface area contributed by atoms with Crippen molar-refractivity contribution in [3.63, 3.8) is 0 Å². The Morgan fingerprint density at radius 2 is 0.848 bits per heavy atom. The first-order valence-corrected chi connectivity index (χ1v) is 13.3. The highest BCUT2D eigenvalue weighted by Gasteiger charge is 2.08. The van der Waals surface area contributed by atoms with Crippen LogP contribution in [0, 0.1) is 0 Å². The highest BCUT2D eigenvalue weighted by atomic mass is 32.3. The SMILES string of the molecule is NC(N)=[NH+]CCN1CCCCCCC1.NC(N)=[NH+]CCN1CCCCCCC1.O=S(=O)([O-])[O-]. The zero-order valence-electron chi connectivity index (χ0n) is 20.0. The Bertz CT molecular complexity index is 574. The highest BCUT2D eigenvalue weighted by molar-refractivity contribution is 7.79. The van der Waals surface area contributed by atoms with Crippen molar-refractivity contribution in [2.45, 2.75) is 64.2 Å². The molecular formula is C20H46N8O4S. The molecule has 196 valence electrons. The van der Waals surface area contributed by atoms with Gasteiger partial charge in [0.15, 0.2) is 0 Å². The van der Waals surface area contributed by atoms with E-state index in [1.807, 2.05) is 0 Å². The molecule has 0 aromatic rings. The molecule has 2 rings (SSSR count). The maximum Gasteiger partial charge on any atom is 0.338 e. The predicted molar refractivity (Wildman–Crippen MR) is 128 cm³/mol. The third kappa shape index (κ3) is 26.5. The summed E-state index contributed by atoms with van der Waals surface area (Å²) in [4.78, 5) is 10.9. The summed E-state index contributed by atoms with van der Waals surface area (Å²) in [6.07, 6.45) is 13.7. The van der Waals surface area contributed by atoms with Crippen molar-refractivity contribution in [2.24, 2.45) is 22.9 Å². The largest absolute Gasteiger partial charge is 0.759 e. The average Bonchev–Trinajstić information content (AvgIpc) is 2.63. The van der Waals surface area contributed by atoms with Gasteiger partial charge in [0.1, 0.15) is 0 Å². The Hall–Kier alpha value is -1.67. The van der Waals surface area contributed by atoms with E-state index in [4.69, 9.17) is 40.5 Å².